The number of carbonyl (C=O) groups is 1. The van der Waals surface area contributed by atoms with Gasteiger partial charge < -0.3 is 9.80 Å². The zero-order valence-corrected chi connectivity index (χ0v) is 17.9. The number of benzene rings is 1. The van der Waals surface area contributed by atoms with E-state index in [9.17, 15) is 9.18 Å². The minimum Gasteiger partial charge on any atom is -0.364 e. The van der Waals surface area contributed by atoms with Crippen LogP contribution in [0.3, 0.4) is 0 Å². The maximum absolute atomic E-state index is 13.9. The van der Waals surface area contributed by atoms with Gasteiger partial charge in [0, 0.05) is 37.1 Å². The Balaban J connectivity index is 1.64. The van der Waals surface area contributed by atoms with Gasteiger partial charge in [0.05, 0.1) is 16.8 Å². The smallest absolute Gasteiger partial charge is 0.257 e. The van der Waals surface area contributed by atoms with E-state index in [0.29, 0.717) is 5.56 Å². The number of nitrogens with zero attached hydrogens (tertiary/aromatic N) is 4. The monoisotopic (exact) mass is 398 g/mol. The molecule has 2 saturated heterocycles. The van der Waals surface area contributed by atoms with Crippen molar-refractivity contribution in [2.24, 2.45) is 0 Å². The van der Waals surface area contributed by atoms with Crippen LogP contribution in [0.4, 0.5) is 10.1 Å². The van der Waals surface area contributed by atoms with Crippen LogP contribution in [0.15, 0.2) is 30.5 Å². The van der Waals surface area contributed by atoms with Crippen LogP contribution in [-0.4, -0.2) is 44.8 Å². The number of carbonyl (C=O) groups excluding carboxylic acids is 1. The molecule has 4 rings (SSSR count). The van der Waals surface area contributed by atoms with Gasteiger partial charge in [0.1, 0.15) is 5.82 Å². The van der Waals surface area contributed by atoms with Gasteiger partial charge in [-0.2, -0.15) is 5.10 Å². The van der Waals surface area contributed by atoms with Crippen molar-refractivity contribution < 1.29 is 9.18 Å². The highest BCUT2D eigenvalue weighted by molar-refractivity contribution is 5.96. The fourth-order valence-electron chi connectivity index (χ4n) is 5.37. The Morgan fingerprint density at radius 2 is 2.10 bits per heavy atom. The quantitative estimate of drug-likeness (QED) is 0.766. The molecule has 1 aromatic heterocycles. The minimum absolute atomic E-state index is 0.0826. The first-order valence-corrected chi connectivity index (χ1v) is 10.6. The van der Waals surface area contributed by atoms with Gasteiger partial charge in [0.15, 0.2) is 0 Å². The summed E-state index contributed by atoms with van der Waals surface area (Å²) in [5.41, 5.74) is 2.02. The standard InChI is InChI=1S/C23H31FN4O/c1-5-11-26-14-20(17(2)25-26)21(29)27-12-7-10-23(27)15-22(3,4)28(16-23)19-9-6-8-18(24)13-19/h6,8-9,13-14H,5,7,10-12,15-16H2,1-4H3. The van der Waals surface area contributed by atoms with Crippen LogP contribution >= 0.6 is 0 Å². The molecule has 29 heavy (non-hydrogen) atoms. The van der Waals surface area contributed by atoms with Crippen LogP contribution in [-0.2, 0) is 6.54 Å². The van der Waals surface area contributed by atoms with Crippen molar-refractivity contribution in [1.82, 2.24) is 14.7 Å². The summed E-state index contributed by atoms with van der Waals surface area (Å²) in [6.07, 6.45) is 5.75. The van der Waals surface area contributed by atoms with Gasteiger partial charge in [-0.25, -0.2) is 4.39 Å². The van der Waals surface area contributed by atoms with E-state index in [1.54, 1.807) is 12.1 Å². The molecule has 3 heterocycles. The van der Waals surface area contributed by atoms with Crippen molar-refractivity contribution in [2.45, 2.75) is 71.0 Å². The molecular formula is C23H31FN4O. The molecule has 2 fully saturated rings. The first-order chi connectivity index (χ1) is 13.8. The summed E-state index contributed by atoms with van der Waals surface area (Å²) in [6, 6.07) is 6.80. The van der Waals surface area contributed by atoms with E-state index in [2.05, 4.69) is 35.7 Å². The fraction of sp³-hybridized carbons (Fsp3) is 0.565. The van der Waals surface area contributed by atoms with E-state index < -0.39 is 0 Å². The third-order valence-electron chi connectivity index (χ3n) is 6.54. The summed E-state index contributed by atoms with van der Waals surface area (Å²) in [4.78, 5) is 17.9. The Labute approximate surface area is 172 Å². The molecular weight excluding hydrogens is 367 g/mol. The molecule has 0 radical (unpaired) electrons. The maximum atomic E-state index is 13.9. The number of hydrogen-bond donors (Lipinski definition) is 0. The first-order valence-electron chi connectivity index (χ1n) is 10.6. The highest BCUT2D eigenvalue weighted by atomic mass is 19.1. The number of hydrogen-bond acceptors (Lipinski definition) is 3. The van der Waals surface area contributed by atoms with Crippen LogP contribution in [0.2, 0.25) is 0 Å². The molecule has 2 aliphatic rings. The lowest BCUT2D eigenvalue weighted by Gasteiger charge is -2.35. The fourth-order valence-corrected chi connectivity index (χ4v) is 5.37. The van der Waals surface area contributed by atoms with Crippen molar-refractivity contribution in [3.05, 3.63) is 47.5 Å². The van der Waals surface area contributed by atoms with Gasteiger partial charge in [-0.1, -0.05) is 13.0 Å². The van der Waals surface area contributed by atoms with E-state index in [1.165, 1.54) is 6.07 Å². The molecule has 0 N–H and O–H groups in total. The lowest BCUT2D eigenvalue weighted by atomic mass is 9.87. The molecule has 0 bridgehead atoms. The van der Waals surface area contributed by atoms with Gasteiger partial charge in [0.25, 0.3) is 5.91 Å². The van der Waals surface area contributed by atoms with Crippen molar-refractivity contribution in [1.29, 1.82) is 0 Å². The SMILES string of the molecule is CCCn1cc(C(=O)N2CCCC23CN(c2cccc(F)c2)C(C)(C)C3)c(C)n1. The van der Waals surface area contributed by atoms with Crippen LogP contribution in [0.5, 0.6) is 0 Å². The van der Waals surface area contributed by atoms with Gasteiger partial charge in [0.2, 0.25) is 0 Å². The second-order valence-corrected chi connectivity index (χ2v) is 9.23. The average molecular weight is 399 g/mol. The second kappa shape index (κ2) is 7.15. The number of amides is 1. The van der Waals surface area contributed by atoms with Crippen molar-refractivity contribution in [2.75, 3.05) is 18.0 Å². The zero-order valence-electron chi connectivity index (χ0n) is 17.9. The number of likely N-dealkylation sites (tertiary alicyclic amines) is 1. The molecule has 1 spiro atoms. The van der Waals surface area contributed by atoms with Gasteiger partial charge in [-0.15, -0.1) is 0 Å². The Kier molecular flexibility index (Phi) is 4.91. The average Bonchev–Trinajstić information content (AvgIpc) is 3.30. The van der Waals surface area contributed by atoms with E-state index in [-0.39, 0.29) is 22.8 Å². The first kappa shape index (κ1) is 19.9. The van der Waals surface area contributed by atoms with Crippen LogP contribution < -0.4 is 4.90 Å². The summed E-state index contributed by atoms with van der Waals surface area (Å²) >= 11 is 0. The molecule has 2 aliphatic heterocycles. The molecule has 2 aromatic rings. The zero-order chi connectivity index (χ0) is 20.8. The Hall–Kier alpha value is -2.37. The molecule has 6 heteroatoms. The Morgan fingerprint density at radius 3 is 2.83 bits per heavy atom. The topological polar surface area (TPSA) is 41.4 Å². The molecule has 1 aromatic carbocycles. The lowest BCUT2D eigenvalue weighted by molar-refractivity contribution is 0.0616. The van der Waals surface area contributed by atoms with Crippen LogP contribution in [0, 0.1) is 12.7 Å². The molecule has 0 aliphatic carbocycles. The highest BCUT2D eigenvalue weighted by Gasteiger charge is 2.55. The number of anilines is 1. The van der Waals surface area contributed by atoms with Crippen molar-refractivity contribution in [3.8, 4) is 0 Å². The summed E-state index contributed by atoms with van der Waals surface area (Å²) in [7, 11) is 0. The summed E-state index contributed by atoms with van der Waals surface area (Å²) in [6.45, 7) is 10.7. The lowest BCUT2D eigenvalue weighted by Crippen LogP contribution is -2.49. The predicted octanol–water partition coefficient (Wildman–Crippen LogP) is 4.40. The number of aryl methyl sites for hydroxylation is 2. The summed E-state index contributed by atoms with van der Waals surface area (Å²) < 4.78 is 15.8. The van der Waals surface area contributed by atoms with E-state index in [1.807, 2.05) is 23.9 Å². The Bertz CT molecular complexity index is 921. The third-order valence-corrected chi connectivity index (χ3v) is 6.54. The molecule has 1 amide bonds. The number of aromatic nitrogens is 2. The summed E-state index contributed by atoms with van der Waals surface area (Å²) in [5.74, 6) is -0.142. The minimum atomic E-state index is -0.224. The molecule has 1 atom stereocenters. The van der Waals surface area contributed by atoms with Crippen LogP contribution in [0.25, 0.3) is 0 Å². The van der Waals surface area contributed by atoms with E-state index >= 15 is 0 Å². The maximum Gasteiger partial charge on any atom is 0.257 e. The molecule has 1 unspecified atom stereocenters. The van der Waals surface area contributed by atoms with E-state index in [0.717, 1.165) is 56.7 Å². The predicted molar refractivity (Wildman–Crippen MR) is 113 cm³/mol. The third kappa shape index (κ3) is 3.43. The summed E-state index contributed by atoms with van der Waals surface area (Å²) in [5, 5.41) is 4.53. The van der Waals surface area contributed by atoms with Gasteiger partial charge >= 0.3 is 0 Å². The molecule has 156 valence electrons. The normalized spacial score (nSPS) is 23.3. The molecule has 5 nitrogen and oxygen atoms in total. The molecule has 0 saturated carbocycles. The second-order valence-electron chi connectivity index (χ2n) is 9.23. The van der Waals surface area contributed by atoms with E-state index in [4.69, 9.17) is 0 Å². The largest absolute Gasteiger partial charge is 0.364 e. The van der Waals surface area contributed by atoms with Crippen LogP contribution in [0.1, 0.15) is 62.5 Å². The van der Waals surface area contributed by atoms with Crippen molar-refractivity contribution in [3.63, 3.8) is 0 Å². The number of rotatable bonds is 4. The van der Waals surface area contributed by atoms with Crippen molar-refractivity contribution >= 4 is 11.6 Å². The van der Waals surface area contributed by atoms with Gasteiger partial charge in [-0.3, -0.25) is 9.48 Å². The van der Waals surface area contributed by atoms with Gasteiger partial charge in [-0.05, 0) is 64.7 Å². The highest BCUT2D eigenvalue weighted by Crippen LogP contribution is 2.47. The number of halogens is 1. The Morgan fingerprint density at radius 1 is 1.31 bits per heavy atom.